The zero-order valence-corrected chi connectivity index (χ0v) is 25.4. The fourth-order valence-electron chi connectivity index (χ4n) is 6.18. The van der Waals surface area contributed by atoms with E-state index >= 15 is 0 Å². The van der Waals surface area contributed by atoms with Crippen LogP contribution in [-0.2, 0) is 14.1 Å². The van der Waals surface area contributed by atoms with Crippen LogP contribution in [0.25, 0.3) is 78.2 Å². The van der Waals surface area contributed by atoms with Gasteiger partial charge in [0.05, 0.1) is 11.0 Å². The van der Waals surface area contributed by atoms with E-state index < -0.39 is 0 Å². The van der Waals surface area contributed by atoms with E-state index in [1.54, 1.807) is 23.2 Å². The lowest BCUT2D eigenvalue weighted by atomic mass is 9.97. The van der Waals surface area contributed by atoms with E-state index in [0.717, 1.165) is 50.0 Å². The van der Waals surface area contributed by atoms with Crippen LogP contribution in [0.15, 0.2) is 144 Å². The second-order valence-corrected chi connectivity index (χ2v) is 11.5. The largest absolute Gasteiger partial charge is 0.328 e. The highest BCUT2D eigenvalue weighted by Gasteiger charge is 2.15. The number of hydrogen-bond donors (Lipinski definition) is 0. The molecule has 0 unspecified atom stereocenters. The average molecular weight is 596 g/mol. The SMILES string of the molecule is Cn1c(=O)n(C)c2cc(-c3cccc(-c4nc(-c5ccccc5)nc(-c5cccc(-c6cccc7ccccc67)c5)n4)c3)ccc21. The van der Waals surface area contributed by atoms with E-state index in [9.17, 15) is 4.79 Å². The maximum absolute atomic E-state index is 12.5. The maximum Gasteiger partial charge on any atom is 0.328 e. The molecule has 0 saturated heterocycles. The normalized spacial score (nSPS) is 11.3. The Morgan fingerprint density at radius 1 is 0.435 bits per heavy atom. The topological polar surface area (TPSA) is 65.6 Å². The van der Waals surface area contributed by atoms with Crippen molar-refractivity contribution in [3.8, 4) is 56.4 Å². The lowest BCUT2D eigenvalue weighted by molar-refractivity contribution is 0.795. The molecule has 0 N–H and O–H groups in total. The first kappa shape index (κ1) is 27.4. The fraction of sp³-hybridized carbons (Fsp3) is 0.0500. The molecule has 8 rings (SSSR count). The van der Waals surface area contributed by atoms with Crippen LogP contribution in [-0.4, -0.2) is 24.1 Å². The van der Waals surface area contributed by atoms with Crippen molar-refractivity contribution in [2.45, 2.75) is 0 Å². The van der Waals surface area contributed by atoms with E-state index in [1.165, 1.54) is 10.8 Å². The molecule has 220 valence electrons. The highest BCUT2D eigenvalue weighted by molar-refractivity contribution is 5.97. The van der Waals surface area contributed by atoms with Gasteiger partial charge < -0.3 is 0 Å². The predicted molar refractivity (Wildman–Crippen MR) is 186 cm³/mol. The van der Waals surface area contributed by atoms with Gasteiger partial charge in [0.2, 0.25) is 0 Å². The first-order chi connectivity index (χ1) is 22.5. The van der Waals surface area contributed by atoms with Crippen molar-refractivity contribution >= 4 is 21.8 Å². The van der Waals surface area contributed by atoms with E-state index in [4.69, 9.17) is 15.0 Å². The number of benzene rings is 6. The summed E-state index contributed by atoms with van der Waals surface area (Å²) >= 11 is 0. The van der Waals surface area contributed by atoms with E-state index in [2.05, 4.69) is 84.9 Å². The Morgan fingerprint density at radius 3 is 1.72 bits per heavy atom. The van der Waals surface area contributed by atoms with E-state index in [0.29, 0.717) is 17.5 Å². The standard InChI is InChI=1S/C40H29N5O/c1-44-35-22-21-29(25-36(35)45(2)40(44)46)28-15-8-17-31(23-28)38-41-37(27-12-4-3-5-13-27)42-39(43-38)32-18-9-16-30(24-32)34-20-10-14-26-11-6-7-19-33(26)34/h3-25H,1-2H3. The van der Waals surface area contributed by atoms with Crippen molar-refractivity contribution in [1.82, 2.24) is 24.1 Å². The monoisotopic (exact) mass is 595 g/mol. The molecule has 2 heterocycles. The van der Waals surface area contributed by atoms with Gasteiger partial charge in [-0.25, -0.2) is 19.7 Å². The highest BCUT2D eigenvalue weighted by atomic mass is 16.1. The maximum atomic E-state index is 12.5. The molecule has 0 bridgehead atoms. The third-order valence-corrected chi connectivity index (χ3v) is 8.61. The van der Waals surface area contributed by atoms with Gasteiger partial charge in [0, 0.05) is 30.8 Å². The summed E-state index contributed by atoms with van der Waals surface area (Å²) in [6.45, 7) is 0. The first-order valence-electron chi connectivity index (χ1n) is 15.2. The molecular formula is C40H29N5O. The molecule has 0 spiro atoms. The molecule has 0 radical (unpaired) electrons. The number of hydrogen-bond acceptors (Lipinski definition) is 4. The lowest BCUT2D eigenvalue weighted by Gasteiger charge is -2.11. The summed E-state index contributed by atoms with van der Waals surface area (Å²) in [5.41, 5.74) is 8.74. The van der Waals surface area contributed by atoms with Crippen molar-refractivity contribution in [2.75, 3.05) is 0 Å². The minimum Gasteiger partial charge on any atom is -0.295 e. The summed E-state index contributed by atoms with van der Waals surface area (Å²) in [5.74, 6) is 1.81. The van der Waals surface area contributed by atoms with Crippen molar-refractivity contribution < 1.29 is 0 Å². The summed E-state index contributed by atoms with van der Waals surface area (Å²) in [6, 6.07) is 47.6. The Kier molecular flexibility index (Phi) is 6.61. The first-order valence-corrected chi connectivity index (χ1v) is 15.2. The molecule has 0 saturated carbocycles. The molecule has 0 aliphatic heterocycles. The molecule has 46 heavy (non-hydrogen) atoms. The van der Waals surface area contributed by atoms with Gasteiger partial charge in [0.25, 0.3) is 0 Å². The summed E-state index contributed by atoms with van der Waals surface area (Å²) in [4.78, 5) is 27.5. The van der Waals surface area contributed by atoms with Crippen LogP contribution >= 0.6 is 0 Å². The molecule has 6 aromatic carbocycles. The summed E-state index contributed by atoms with van der Waals surface area (Å²) in [6.07, 6.45) is 0. The molecule has 0 fully saturated rings. The zero-order valence-electron chi connectivity index (χ0n) is 25.4. The molecule has 6 heteroatoms. The smallest absolute Gasteiger partial charge is 0.295 e. The summed E-state index contributed by atoms with van der Waals surface area (Å²) in [5, 5.41) is 2.40. The second kappa shape index (κ2) is 11.1. The van der Waals surface area contributed by atoms with Crippen LogP contribution < -0.4 is 5.69 Å². The van der Waals surface area contributed by atoms with Gasteiger partial charge in [-0.2, -0.15) is 0 Å². The summed E-state index contributed by atoms with van der Waals surface area (Å²) in [7, 11) is 3.60. The van der Waals surface area contributed by atoms with E-state index in [1.807, 2.05) is 54.6 Å². The fourth-order valence-corrected chi connectivity index (χ4v) is 6.18. The number of nitrogens with zero attached hydrogens (tertiary/aromatic N) is 5. The Balaban J connectivity index is 1.26. The van der Waals surface area contributed by atoms with E-state index in [-0.39, 0.29) is 5.69 Å². The Hall–Kier alpha value is -6.14. The van der Waals surface area contributed by atoms with Crippen molar-refractivity contribution in [3.63, 3.8) is 0 Å². The van der Waals surface area contributed by atoms with Gasteiger partial charge in [-0.3, -0.25) is 9.13 Å². The van der Waals surface area contributed by atoms with Crippen LogP contribution in [0.4, 0.5) is 0 Å². The Labute approximate surface area is 265 Å². The highest BCUT2D eigenvalue weighted by Crippen LogP contribution is 2.33. The number of rotatable bonds is 5. The number of aryl methyl sites for hydroxylation is 2. The molecule has 0 aliphatic carbocycles. The molecule has 0 amide bonds. The van der Waals surface area contributed by atoms with Crippen LogP contribution in [0.2, 0.25) is 0 Å². The van der Waals surface area contributed by atoms with Gasteiger partial charge in [-0.15, -0.1) is 0 Å². The van der Waals surface area contributed by atoms with Crippen LogP contribution in [0.1, 0.15) is 0 Å². The van der Waals surface area contributed by atoms with Crippen molar-refractivity contribution in [2.24, 2.45) is 14.1 Å². The third kappa shape index (κ3) is 4.77. The minimum atomic E-state index is -0.0448. The number of fused-ring (bicyclic) bond motifs is 2. The molecule has 2 aromatic heterocycles. The third-order valence-electron chi connectivity index (χ3n) is 8.61. The molecular weight excluding hydrogens is 566 g/mol. The van der Waals surface area contributed by atoms with Crippen LogP contribution in [0.3, 0.4) is 0 Å². The second-order valence-electron chi connectivity index (χ2n) is 11.5. The Bertz CT molecular complexity index is 2470. The van der Waals surface area contributed by atoms with Gasteiger partial charge in [-0.1, -0.05) is 115 Å². The lowest BCUT2D eigenvalue weighted by Crippen LogP contribution is -2.19. The van der Waals surface area contributed by atoms with Gasteiger partial charge in [-0.05, 0) is 57.3 Å². The van der Waals surface area contributed by atoms with Crippen molar-refractivity contribution in [1.29, 1.82) is 0 Å². The number of imidazole rings is 1. The van der Waals surface area contributed by atoms with Gasteiger partial charge in [0.1, 0.15) is 0 Å². The average Bonchev–Trinajstić information content (AvgIpc) is 3.34. The van der Waals surface area contributed by atoms with Gasteiger partial charge in [0.15, 0.2) is 17.5 Å². The predicted octanol–water partition coefficient (Wildman–Crippen LogP) is 8.55. The summed E-state index contributed by atoms with van der Waals surface area (Å²) < 4.78 is 3.35. The van der Waals surface area contributed by atoms with Gasteiger partial charge >= 0.3 is 5.69 Å². The molecule has 0 aliphatic rings. The molecule has 0 atom stereocenters. The van der Waals surface area contributed by atoms with Crippen LogP contribution in [0, 0.1) is 0 Å². The number of aromatic nitrogens is 5. The van der Waals surface area contributed by atoms with Crippen molar-refractivity contribution in [3.05, 3.63) is 150 Å². The van der Waals surface area contributed by atoms with Crippen LogP contribution in [0.5, 0.6) is 0 Å². The quantitative estimate of drug-likeness (QED) is 0.200. The molecule has 8 aromatic rings. The zero-order chi connectivity index (χ0) is 31.2. The Morgan fingerprint density at radius 2 is 0.957 bits per heavy atom. The minimum absolute atomic E-state index is 0.0448. The molecule has 6 nitrogen and oxygen atoms in total.